The molecule has 2 heteroatoms. The Morgan fingerprint density at radius 3 is 2.76 bits per heavy atom. The fourth-order valence-corrected chi connectivity index (χ4v) is 8.47. The predicted octanol–water partition coefficient (Wildman–Crippen LogP) is 7.26. The van der Waals surface area contributed by atoms with Crippen molar-refractivity contribution >= 4 is 0 Å². The second kappa shape index (κ2) is 8.13. The third-order valence-electron chi connectivity index (χ3n) is 10.2. The molecular weight excluding hydrogens is 359 g/mol. The maximum atomic E-state index is 12.7. The van der Waals surface area contributed by atoms with Crippen LogP contribution in [0.15, 0.2) is 23.3 Å². The maximum Gasteiger partial charge on any atom is 0.110 e. The second-order valence-electron chi connectivity index (χ2n) is 11.6. The first-order valence-corrected chi connectivity index (χ1v) is 12.4. The van der Waals surface area contributed by atoms with E-state index in [1.54, 1.807) is 5.57 Å². The fourth-order valence-electron chi connectivity index (χ4n) is 8.47. The van der Waals surface area contributed by atoms with Crippen molar-refractivity contribution in [3.63, 3.8) is 0 Å². The van der Waals surface area contributed by atoms with Gasteiger partial charge in [-0.2, -0.15) is 0 Å². The van der Waals surface area contributed by atoms with E-state index in [-0.39, 0.29) is 12.8 Å². The van der Waals surface area contributed by atoms with E-state index in [0.717, 1.165) is 54.4 Å². The number of rotatable bonds is 5. The maximum absolute atomic E-state index is 12.7. The van der Waals surface area contributed by atoms with Crippen molar-refractivity contribution in [3.05, 3.63) is 23.3 Å². The highest BCUT2D eigenvalue weighted by Crippen LogP contribution is 2.67. The minimum absolute atomic E-state index is 0.105. The van der Waals surface area contributed by atoms with Crippen LogP contribution in [0.25, 0.3) is 0 Å². The summed E-state index contributed by atoms with van der Waals surface area (Å²) >= 11 is 0. The van der Waals surface area contributed by atoms with E-state index in [2.05, 4.69) is 32.9 Å². The molecule has 0 aromatic heterocycles. The smallest absolute Gasteiger partial charge is 0.110 e. The second-order valence-corrected chi connectivity index (χ2v) is 11.6. The van der Waals surface area contributed by atoms with Gasteiger partial charge in [0.15, 0.2) is 0 Å². The number of hydrogen-bond donors (Lipinski definition) is 1. The molecule has 4 rings (SSSR count). The molecule has 29 heavy (non-hydrogen) atoms. The monoisotopic (exact) mass is 402 g/mol. The zero-order chi connectivity index (χ0) is 20.8. The van der Waals surface area contributed by atoms with Crippen LogP contribution in [-0.2, 0) is 0 Å². The van der Waals surface area contributed by atoms with Gasteiger partial charge in [0.2, 0.25) is 0 Å². The Bertz CT molecular complexity index is 665. The molecule has 3 fully saturated rings. The lowest BCUT2D eigenvalue weighted by Gasteiger charge is -2.58. The van der Waals surface area contributed by atoms with Gasteiger partial charge in [0.1, 0.15) is 6.67 Å². The largest absolute Gasteiger partial charge is 0.393 e. The van der Waals surface area contributed by atoms with Gasteiger partial charge >= 0.3 is 0 Å². The number of halogens is 1. The van der Waals surface area contributed by atoms with Gasteiger partial charge in [0.05, 0.1) is 6.10 Å². The first-order chi connectivity index (χ1) is 13.8. The van der Waals surface area contributed by atoms with E-state index in [4.69, 9.17) is 0 Å². The average molecular weight is 403 g/mol. The van der Waals surface area contributed by atoms with Gasteiger partial charge in [-0.05, 0) is 117 Å². The third-order valence-corrected chi connectivity index (χ3v) is 10.2. The van der Waals surface area contributed by atoms with Crippen LogP contribution in [0.1, 0.15) is 91.9 Å². The Kier molecular flexibility index (Phi) is 6.06. The van der Waals surface area contributed by atoms with Crippen LogP contribution in [0.5, 0.6) is 0 Å². The number of alkyl halides is 1. The zero-order valence-corrected chi connectivity index (χ0v) is 19.2. The highest BCUT2D eigenvalue weighted by molar-refractivity contribution is 5.25. The molecule has 0 saturated heterocycles. The molecule has 0 amide bonds. The summed E-state index contributed by atoms with van der Waals surface area (Å²) in [6.07, 6.45) is 16.7. The number of aliphatic hydroxyl groups is 1. The van der Waals surface area contributed by atoms with Crippen molar-refractivity contribution in [2.24, 2.45) is 40.4 Å². The molecule has 1 N–H and O–H groups in total. The lowest BCUT2D eigenvalue weighted by atomic mass is 9.47. The minimum Gasteiger partial charge on any atom is -0.393 e. The van der Waals surface area contributed by atoms with Crippen LogP contribution in [0.2, 0.25) is 0 Å². The zero-order valence-electron chi connectivity index (χ0n) is 19.2. The molecule has 1 nitrogen and oxygen atoms in total. The van der Waals surface area contributed by atoms with Gasteiger partial charge in [0.25, 0.3) is 0 Å². The molecule has 4 aliphatic rings. The summed E-state index contributed by atoms with van der Waals surface area (Å²) in [6, 6.07) is 0. The first kappa shape index (κ1) is 21.6. The van der Waals surface area contributed by atoms with Gasteiger partial charge in [-0.15, -0.1) is 0 Å². The first-order valence-electron chi connectivity index (χ1n) is 12.4. The Labute approximate surface area is 178 Å². The van der Waals surface area contributed by atoms with Crippen molar-refractivity contribution in [2.75, 3.05) is 6.67 Å². The summed E-state index contributed by atoms with van der Waals surface area (Å²) < 4.78 is 12.7. The normalized spacial score (nSPS) is 45.8. The van der Waals surface area contributed by atoms with Crippen molar-refractivity contribution in [1.82, 2.24) is 0 Å². The summed E-state index contributed by atoms with van der Waals surface area (Å²) in [4.78, 5) is 0. The summed E-state index contributed by atoms with van der Waals surface area (Å²) in [7, 11) is 0. The molecule has 3 saturated carbocycles. The van der Waals surface area contributed by atoms with Crippen LogP contribution < -0.4 is 0 Å². The topological polar surface area (TPSA) is 20.2 Å². The lowest BCUT2D eigenvalue weighted by molar-refractivity contribution is -0.0571. The standard InChI is InChI=1S/C27H43FO/c1-18(17-28)6-5-7-19(2)23-10-11-24-22-9-8-20-16-21(29)12-14-26(20,3)25(22)13-15-27(23,24)4/h6,8,19,21-25,29H,5,7,9-17H2,1-4H3. The summed E-state index contributed by atoms with van der Waals surface area (Å²) in [5.41, 5.74) is 3.32. The fraction of sp³-hybridized carbons (Fsp3) is 0.852. The van der Waals surface area contributed by atoms with Crippen LogP contribution in [0, 0.1) is 40.4 Å². The molecule has 0 heterocycles. The van der Waals surface area contributed by atoms with E-state index >= 15 is 0 Å². The molecule has 164 valence electrons. The molecule has 0 aromatic carbocycles. The summed E-state index contributed by atoms with van der Waals surface area (Å²) in [5.74, 6) is 4.12. The molecule has 0 radical (unpaired) electrons. The van der Waals surface area contributed by atoms with Crippen LogP contribution >= 0.6 is 0 Å². The molecule has 0 spiro atoms. The summed E-state index contributed by atoms with van der Waals surface area (Å²) in [6.45, 7) is 9.22. The molecule has 4 aliphatic carbocycles. The quantitative estimate of drug-likeness (QED) is 0.480. The van der Waals surface area contributed by atoms with Crippen molar-refractivity contribution in [2.45, 2.75) is 98.0 Å². The number of aliphatic hydroxyl groups excluding tert-OH is 1. The SMILES string of the molecule is CC(=CCCC(C)C1CCC2C3CC=C4CC(O)CCC4(C)C3CCC12C)CF. The van der Waals surface area contributed by atoms with Crippen molar-refractivity contribution in [1.29, 1.82) is 0 Å². The van der Waals surface area contributed by atoms with E-state index in [9.17, 15) is 9.50 Å². The molecular formula is C27H43FO. The average Bonchev–Trinajstić information content (AvgIpc) is 3.05. The molecule has 0 aliphatic heterocycles. The van der Waals surface area contributed by atoms with E-state index in [0.29, 0.717) is 10.8 Å². The Balaban J connectivity index is 1.48. The number of fused-ring (bicyclic) bond motifs is 5. The number of hydrogen-bond acceptors (Lipinski definition) is 1. The van der Waals surface area contributed by atoms with Gasteiger partial charge in [-0.3, -0.25) is 0 Å². The molecule has 0 bridgehead atoms. The number of allylic oxidation sites excluding steroid dienone is 3. The Hall–Kier alpha value is -0.630. The third kappa shape index (κ3) is 3.66. The van der Waals surface area contributed by atoms with Crippen LogP contribution in [0.3, 0.4) is 0 Å². The molecule has 8 atom stereocenters. The predicted molar refractivity (Wildman–Crippen MR) is 119 cm³/mol. The highest BCUT2D eigenvalue weighted by Gasteiger charge is 2.59. The lowest BCUT2D eigenvalue weighted by Crippen LogP contribution is -2.50. The van der Waals surface area contributed by atoms with Gasteiger partial charge in [-0.1, -0.05) is 38.5 Å². The van der Waals surface area contributed by atoms with Gasteiger partial charge in [0, 0.05) is 0 Å². The van der Waals surface area contributed by atoms with Gasteiger partial charge in [-0.25, -0.2) is 4.39 Å². The van der Waals surface area contributed by atoms with E-state index < -0.39 is 0 Å². The van der Waals surface area contributed by atoms with E-state index in [1.165, 1.54) is 44.9 Å². The van der Waals surface area contributed by atoms with Crippen LogP contribution in [-0.4, -0.2) is 17.9 Å². The minimum atomic E-state index is -0.300. The van der Waals surface area contributed by atoms with Crippen LogP contribution in [0.4, 0.5) is 4.39 Å². The van der Waals surface area contributed by atoms with Gasteiger partial charge < -0.3 is 5.11 Å². The molecule has 0 aromatic rings. The van der Waals surface area contributed by atoms with E-state index in [1.807, 2.05) is 6.92 Å². The highest BCUT2D eigenvalue weighted by atomic mass is 19.1. The van der Waals surface area contributed by atoms with Crippen molar-refractivity contribution < 1.29 is 9.50 Å². The molecule has 8 unspecified atom stereocenters. The Morgan fingerprint density at radius 2 is 2.00 bits per heavy atom. The van der Waals surface area contributed by atoms with Crippen molar-refractivity contribution in [3.8, 4) is 0 Å². The summed E-state index contributed by atoms with van der Waals surface area (Å²) in [5, 5.41) is 10.2. The Morgan fingerprint density at radius 1 is 1.21 bits per heavy atom.